The van der Waals surface area contributed by atoms with Crippen LogP contribution in [0.5, 0.6) is 0 Å². The van der Waals surface area contributed by atoms with Crippen LogP contribution in [0.2, 0.25) is 0 Å². The minimum absolute atomic E-state index is 0.104. The van der Waals surface area contributed by atoms with Crippen LogP contribution < -0.4 is 0 Å². The normalized spacial score (nSPS) is 10.7. The van der Waals surface area contributed by atoms with Crippen molar-refractivity contribution >= 4 is 17.5 Å². The summed E-state index contributed by atoms with van der Waals surface area (Å²) >= 11 is 1.75. The summed E-state index contributed by atoms with van der Waals surface area (Å²) in [4.78, 5) is 15.5. The lowest BCUT2D eigenvalue weighted by Gasteiger charge is -2.19. The van der Waals surface area contributed by atoms with Crippen molar-refractivity contribution in [3.05, 3.63) is 94.0 Å². The third-order valence-electron chi connectivity index (χ3n) is 4.73. The third kappa shape index (κ3) is 3.40. The summed E-state index contributed by atoms with van der Waals surface area (Å²) in [5.74, 6) is 0.104. The van der Waals surface area contributed by atoms with E-state index in [2.05, 4.69) is 45.9 Å². The van der Waals surface area contributed by atoms with Gasteiger partial charge in [0.1, 0.15) is 0 Å². The first kappa shape index (κ1) is 17.5. The van der Waals surface area contributed by atoms with Crippen molar-refractivity contribution in [1.82, 2.24) is 0 Å². The molecule has 0 aliphatic heterocycles. The Bertz CT molecular complexity index is 883. The fourth-order valence-corrected chi connectivity index (χ4v) is 4.18. The van der Waals surface area contributed by atoms with Gasteiger partial charge < -0.3 is 0 Å². The molecule has 0 bridgehead atoms. The van der Waals surface area contributed by atoms with Crippen molar-refractivity contribution in [1.29, 1.82) is 0 Å². The van der Waals surface area contributed by atoms with E-state index in [0.717, 1.165) is 22.3 Å². The molecule has 2 heteroatoms. The molecular weight excluding hydrogens is 324 g/mol. The molecule has 0 atom stereocenters. The van der Waals surface area contributed by atoms with Gasteiger partial charge in [-0.1, -0.05) is 54.2 Å². The first-order valence-electron chi connectivity index (χ1n) is 8.34. The van der Waals surface area contributed by atoms with E-state index in [1.54, 1.807) is 11.8 Å². The summed E-state index contributed by atoms with van der Waals surface area (Å²) in [6.07, 6.45) is 0. The van der Waals surface area contributed by atoms with Crippen LogP contribution in [-0.4, -0.2) is 5.78 Å². The molecule has 125 valence electrons. The molecule has 1 radical (unpaired) electrons. The van der Waals surface area contributed by atoms with Crippen LogP contribution in [0.1, 0.15) is 38.2 Å². The summed E-state index contributed by atoms with van der Waals surface area (Å²) < 4.78 is 0. The van der Waals surface area contributed by atoms with Gasteiger partial charge in [0.2, 0.25) is 0 Å². The molecule has 0 N–H and O–H groups in total. The molecule has 0 amide bonds. The maximum absolute atomic E-state index is 13.1. The predicted molar refractivity (Wildman–Crippen MR) is 105 cm³/mol. The Morgan fingerprint density at radius 1 is 0.800 bits per heavy atom. The molecule has 0 saturated heterocycles. The Hall–Kier alpha value is -2.32. The summed E-state index contributed by atoms with van der Waals surface area (Å²) in [6.45, 7) is 8.34. The van der Waals surface area contributed by atoms with Gasteiger partial charge in [0, 0.05) is 20.9 Å². The van der Waals surface area contributed by atoms with Crippen molar-refractivity contribution in [2.45, 2.75) is 37.5 Å². The molecule has 0 aliphatic rings. The fourth-order valence-electron chi connectivity index (χ4n) is 3.06. The Labute approximate surface area is 154 Å². The second-order valence-corrected chi connectivity index (χ2v) is 7.32. The first-order chi connectivity index (χ1) is 12.0. The van der Waals surface area contributed by atoms with Gasteiger partial charge in [0.15, 0.2) is 5.78 Å². The molecule has 3 aromatic rings. The molecule has 1 nitrogen and oxygen atoms in total. The summed E-state index contributed by atoms with van der Waals surface area (Å²) in [7, 11) is 0. The third-order valence-corrected chi connectivity index (χ3v) is 6.05. The number of hydrogen-bond acceptors (Lipinski definition) is 2. The van der Waals surface area contributed by atoms with Gasteiger partial charge in [-0.2, -0.15) is 0 Å². The number of ketones is 1. The topological polar surface area (TPSA) is 17.1 Å². The highest BCUT2D eigenvalue weighted by molar-refractivity contribution is 7.99. The highest BCUT2D eigenvalue weighted by atomic mass is 32.2. The lowest BCUT2D eigenvalue weighted by atomic mass is 9.89. The molecule has 3 rings (SSSR count). The molecule has 25 heavy (non-hydrogen) atoms. The summed E-state index contributed by atoms with van der Waals surface area (Å²) in [5.41, 5.74) is 6.09. The zero-order chi connectivity index (χ0) is 18.0. The average Bonchev–Trinajstić information content (AvgIpc) is 2.65. The van der Waals surface area contributed by atoms with Crippen molar-refractivity contribution < 1.29 is 4.79 Å². The minimum atomic E-state index is 0.104. The van der Waals surface area contributed by atoms with E-state index in [1.165, 1.54) is 20.9 Å². The lowest BCUT2D eigenvalue weighted by Crippen LogP contribution is -2.10. The van der Waals surface area contributed by atoms with Crippen LogP contribution >= 0.6 is 11.8 Å². The zero-order valence-corrected chi connectivity index (χ0v) is 15.8. The van der Waals surface area contributed by atoms with Gasteiger partial charge >= 0.3 is 0 Å². The average molecular weight is 345 g/mol. The highest BCUT2D eigenvalue weighted by Gasteiger charge is 2.21. The standard InChI is InChI=1S/C23H21OS/c1-15-17(3)23(25-20-13-9-6-10-14-20)18(4)16(2)21(15)22(24)19-11-7-5-8-12-19/h5,7-14H,1-4H3. The largest absolute Gasteiger partial charge is 0.289 e. The smallest absolute Gasteiger partial charge is 0.193 e. The quantitative estimate of drug-likeness (QED) is 0.531. The fraction of sp³-hybridized carbons (Fsp3) is 0.174. The Morgan fingerprint density at radius 3 is 1.92 bits per heavy atom. The molecule has 0 unspecified atom stereocenters. The van der Waals surface area contributed by atoms with Crippen molar-refractivity contribution in [2.24, 2.45) is 0 Å². The van der Waals surface area contributed by atoms with E-state index in [0.29, 0.717) is 0 Å². The number of benzene rings is 3. The van der Waals surface area contributed by atoms with E-state index in [4.69, 9.17) is 0 Å². The number of carbonyl (C=O) groups excluding carboxylic acids is 1. The molecule has 0 heterocycles. The van der Waals surface area contributed by atoms with Crippen molar-refractivity contribution in [3.63, 3.8) is 0 Å². The van der Waals surface area contributed by atoms with Crippen molar-refractivity contribution in [2.75, 3.05) is 0 Å². The Balaban J connectivity index is 2.10. The molecule has 0 fully saturated rings. The number of carbonyl (C=O) groups is 1. The Morgan fingerprint density at radius 2 is 1.36 bits per heavy atom. The zero-order valence-electron chi connectivity index (χ0n) is 15.0. The van der Waals surface area contributed by atoms with E-state index in [9.17, 15) is 4.79 Å². The molecular formula is C23H21OS. The molecule has 0 spiro atoms. The van der Waals surface area contributed by atoms with Crippen molar-refractivity contribution in [3.8, 4) is 0 Å². The van der Waals surface area contributed by atoms with Crippen LogP contribution in [-0.2, 0) is 0 Å². The van der Waals surface area contributed by atoms with Gasteiger partial charge in [-0.25, -0.2) is 0 Å². The molecule has 3 aromatic carbocycles. The van der Waals surface area contributed by atoms with Gasteiger partial charge in [-0.15, -0.1) is 0 Å². The van der Waals surface area contributed by atoms with E-state index in [-0.39, 0.29) is 5.78 Å². The van der Waals surface area contributed by atoms with E-state index in [1.807, 2.05) is 42.5 Å². The van der Waals surface area contributed by atoms with E-state index >= 15 is 0 Å². The maximum Gasteiger partial charge on any atom is 0.193 e. The van der Waals surface area contributed by atoms with Crippen LogP contribution in [0, 0.1) is 33.8 Å². The van der Waals surface area contributed by atoms with Gasteiger partial charge in [-0.3, -0.25) is 4.79 Å². The second kappa shape index (κ2) is 7.28. The second-order valence-electron chi connectivity index (χ2n) is 6.24. The van der Waals surface area contributed by atoms with Crippen LogP contribution in [0.4, 0.5) is 0 Å². The lowest BCUT2D eigenvalue weighted by molar-refractivity contribution is 0.103. The molecule has 0 saturated carbocycles. The minimum Gasteiger partial charge on any atom is -0.289 e. The molecule has 0 aromatic heterocycles. The van der Waals surface area contributed by atoms with Gasteiger partial charge in [-0.05, 0) is 68.1 Å². The number of rotatable bonds is 4. The maximum atomic E-state index is 13.1. The number of hydrogen-bond donors (Lipinski definition) is 0. The SMILES string of the molecule is Cc1c(C)c(C(=O)c2ccccc2)c(C)c(C)c1Sc1cc[c]cc1. The van der Waals surface area contributed by atoms with Gasteiger partial charge in [0.25, 0.3) is 0 Å². The monoisotopic (exact) mass is 345 g/mol. The molecule has 0 aliphatic carbocycles. The predicted octanol–water partition coefficient (Wildman–Crippen LogP) is 6.10. The van der Waals surface area contributed by atoms with Crippen LogP contribution in [0.3, 0.4) is 0 Å². The summed E-state index contributed by atoms with van der Waals surface area (Å²) in [6, 6.07) is 20.6. The highest BCUT2D eigenvalue weighted by Crippen LogP contribution is 2.38. The van der Waals surface area contributed by atoms with Crippen LogP contribution in [0.25, 0.3) is 0 Å². The van der Waals surface area contributed by atoms with E-state index < -0.39 is 0 Å². The first-order valence-corrected chi connectivity index (χ1v) is 9.16. The van der Waals surface area contributed by atoms with Gasteiger partial charge in [0.05, 0.1) is 0 Å². The van der Waals surface area contributed by atoms with Crippen LogP contribution in [0.15, 0.2) is 64.4 Å². The summed E-state index contributed by atoms with van der Waals surface area (Å²) in [5, 5.41) is 0. The Kier molecular flexibility index (Phi) is 5.10.